The number of benzene rings is 1. The Balaban J connectivity index is 0.000000611. The molecule has 1 N–H and O–H groups in total. The molecule has 1 aromatic carbocycles. The Kier molecular flexibility index (Phi) is 10.2. The molecular formula is C22H27F6NO8S3. The number of rotatable bonds is 6. The minimum absolute atomic E-state index is 0.138. The molecular weight excluding hydrogens is 616 g/mol. The van der Waals surface area contributed by atoms with Gasteiger partial charge in [-0.3, -0.25) is 0 Å². The highest BCUT2D eigenvalue weighted by Crippen LogP contribution is 2.42. The molecule has 3 atom stereocenters. The second-order valence-corrected chi connectivity index (χ2v) is 14.1. The lowest BCUT2D eigenvalue weighted by molar-refractivity contribution is -0.521. The fourth-order valence-electron chi connectivity index (χ4n) is 4.43. The standard InChI is InChI=1S/C21H26F3NO5S2.CHF3O3S/c1-4-6-17-20(31(26,27)15-11-9-13(2)10-12-15)19(30-32(28,29)21(22,23)24)18-14(3)7-5-8-16(18)25-17;2-1(3,4)8(5,6)7/h9-12,14,16,18H,4-8H2,1-3H3;(H,5,6,7)/t14-,16-,18+;/m1./s1. The Morgan fingerprint density at radius 3 is 1.93 bits per heavy atom. The number of hydrogen-bond acceptors (Lipinski definition) is 8. The Morgan fingerprint density at radius 1 is 0.950 bits per heavy atom. The molecule has 0 bridgehead atoms. The molecule has 1 saturated carbocycles. The monoisotopic (exact) mass is 643 g/mol. The molecule has 0 saturated heterocycles. The maximum Gasteiger partial charge on any atom is 0.534 e. The van der Waals surface area contributed by atoms with Crippen molar-refractivity contribution in [2.45, 2.75) is 74.8 Å². The van der Waals surface area contributed by atoms with Gasteiger partial charge in [-0.2, -0.15) is 34.8 Å². The van der Waals surface area contributed by atoms with Gasteiger partial charge in [0.05, 0.1) is 10.8 Å². The summed E-state index contributed by atoms with van der Waals surface area (Å²) in [5, 5.41) is 0. The molecule has 2 aliphatic rings. The number of nitrogens with one attached hydrogen (secondary N) is 1. The van der Waals surface area contributed by atoms with Crippen LogP contribution >= 0.6 is 0 Å². The fraction of sp³-hybridized carbons (Fsp3) is 0.591. The Morgan fingerprint density at radius 2 is 1.48 bits per heavy atom. The summed E-state index contributed by atoms with van der Waals surface area (Å²) in [4.78, 5) is 2.57. The van der Waals surface area contributed by atoms with E-state index in [1.807, 2.05) is 0 Å². The maximum absolute atomic E-state index is 13.6. The molecule has 1 heterocycles. The largest absolute Gasteiger partial charge is 0.741 e. The number of alkyl halides is 6. The molecule has 0 aromatic heterocycles. The molecule has 3 rings (SSSR count). The van der Waals surface area contributed by atoms with Crippen molar-refractivity contribution < 1.29 is 65.3 Å². The summed E-state index contributed by atoms with van der Waals surface area (Å²) in [5.74, 6) is -1.72. The zero-order chi connectivity index (χ0) is 30.9. The Labute approximate surface area is 228 Å². The summed E-state index contributed by atoms with van der Waals surface area (Å²) in [6.07, 6.45) is 2.69. The highest BCUT2D eigenvalue weighted by molar-refractivity contribution is 7.96. The van der Waals surface area contributed by atoms with Crippen LogP contribution in [-0.4, -0.2) is 52.6 Å². The molecule has 0 unspecified atom stereocenters. The highest BCUT2D eigenvalue weighted by atomic mass is 32.2. The second-order valence-electron chi connectivity index (χ2n) is 9.31. The fourth-order valence-corrected chi connectivity index (χ4v) is 6.67. The van der Waals surface area contributed by atoms with Gasteiger partial charge in [0.1, 0.15) is 0 Å². The van der Waals surface area contributed by atoms with Crippen molar-refractivity contribution in [2.75, 3.05) is 0 Å². The third kappa shape index (κ3) is 7.55. The predicted octanol–water partition coefficient (Wildman–Crippen LogP) is 3.04. The third-order valence-electron chi connectivity index (χ3n) is 6.25. The van der Waals surface area contributed by atoms with E-state index in [9.17, 15) is 43.2 Å². The number of fused-ring (bicyclic) bond motifs is 1. The van der Waals surface area contributed by atoms with E-state index in [1.54, 1.807) is 32.9 Å². The maximum atomic E-state index is 13.6. The minimum Gasteiger partial charge on any atom is -0.741 e. The number of aryl methyl sites for hydroxylation is 1. The molecule has 1 fully saturated rings. The van der Waals surface area contributed by atoms with Gasteiger partial charge in [-0.1, -0.05) is 31.5 Å². The summed E-state index contributed by atoms with van der Waals surface area (Å²) >= 11 is 0. The van der Waals surface area contributed by atoms with Crippen molar-refractivity contribution in [1.82, 2.24) is 0 Å². The first-order chi connectivity index (χ1) is 18.0. The average molecular weight is 644 g/mol. The van der Waals surface area contributed by atoms with Crippen molar-refractivity contribution in [3.8, 4) is 0 Å². The van der Waals surface area contributed by atoms with E-state index in [0.717, 1.165) is 12.0 Å². The molecule has 0 amide bonds. The summed E-state index contributed by atoms with van der Waals surface area (Å²) in [6.45, 7) is 5.33. The van der Waals surface area contributed by atoms with Gasteiger partial charge in [-0.25, -0.2) is 21.8 Å². The van der Waals surface area contributed by atoms with Crippen LogP contribution in [0.5, 0.6) is 0 Å². The van der Waals surface area contributed by atoms with Crippen LogP contribution in [0.25, 0.3) is 0 Å². The van der Waals surface area contributed by atoms with Gasteiger partial charge in [0.15, 0.2) is 32.5 Å². The first kappa shape index (κ1) is 34.0. The smallest absolute Gasteiger partial charge is 0.534 e. The van der Waals surface area contributed by atoms with E-state index in [0.29, 0.717) is 19.3 Å². The number of sulfone groups is 1. The van der Waals surface area contributed by atoms with Crippen LogP contribution in [0.3, 0.4) is 0 Å². The van der Waals surface area contributed by atoms with Crippen LogP contribution < -0.4 is 4.99 Å². The molecule has 40 heavy (non-hydrogen) atoms. The number of halogens is 6. The van der Waals surface area contributed by atoms with Crippen molar-refractivity contribution in [3.05, 3.63) is 40.5 Å². The van der Waals surface area contributed by atoms with Gasteiger partial charge < -0.3 is 8.74 Å². The van der Waals surface area contributed by atoms with Gasteiger partial charge in [0, 0.05) is 12.8 Å². The molecule has 228 valence electrons. The normalized spacial score (nSPS) is 22.6. The Hall–Kier alpha value is -2.18. The van der Waals surface area contributed by atoms with Crippen LogP contribution in [-0.2, 0) is 34.3 Å². The zero-order valence-corrected chi connectivity index (χ0v) is 23.8. The first-order valence-electron chi connectivity index (χ1n) is 11.8. The SMILES string of the molecule is CCCC1=[NH+][C@@H]2CCC[C@@H](C)[C@@H]2C(OS(=O)(=O)C(F)(F)F)=C1S(=O)(=O)c1ccc(C)cc1.O=S(=O)([O-])C(F)(F)F. The van der Waals surface area contributed by atoms with Crippen molar-refractivity contribution in [1.29, 1.82) is 0 Å². The quantitative estimate of drug-likeness (QED) is 0.215. The number of hydrogen-bond donors (Lipinski definition) is 1. The second kappa shape index (κ2) is 12.0. The lowest BCUT2D eigenvalue weighted by Crippen LogP contribution is -2.85. The molecule has 0 spiro atoms. The van der Waals surface area contributed by atoms with Crippen LogP contribution in [0.2, 0.25) is 0 Å². The van der Waals surface area contributed by atoms with Crippen molar-refractivity contribution in [3.63, 3.8) is 0 Å². The first-order valence-corrected chi connectivity index (χ1v) is 16.1. The minimum atomic E-state index is -6.09. The summed E-state index contributed by atoms with van der Waals surface area (Å²) < 4.78 is 155. The summed E-state index contributed by atoms with van der Waals surface area (Å²) in [7, 11) is -16.5. The van der Waals surface area contributed by atoms with E-state index in [1.165, 1.54) is 12.1 Å². The molecule has 9 nitrogen and oxygen atoms in total. The van der Waals surface area contributed by atoms with E-state index in [4.69, 9.17) is 17.2 Å². The van der Waals surface area contributed by atoms with Crippen molar-refractivity contribution >= 4 is 35.8 Å². The van der Waals surface area contributed by atoms with E-state index >= 15 is 0 Å². The Bertz CT molecular complexity index is 1460. The van der Waals surface area contributed by atoms with Gasteiger partial charge in [0.2, 0.25) is 9.84 Å². The topological polar surface area (TPSA) is 149 Å². The molecule has 1 aromatic rings. The van der Waals surface area contributed by atoms with Crippen molar-refractivity contribution in [2.24, 2.45) is 11.8 Å². The van der Waals surface area contributed by atoms with Gasteiger partial charge in [-0.05, 0) is 44.2 Å². The van der Waals surface area contributed by atoms with E-state index in [-0.39, 0.29) is 22.9 Å². The van der Waals surface area contributed by atoms with Gasteiger partial charge >= 0.3 is 21.1 Å². The molecule has 0 radical (unpaired) electrons. The van der Waals surface area contributed by atoms with Crippen LogP contribution in [0.1, 0.15) is 51.5 Å². The lowest BCUT2D eigenvalue weighted by Gasteiger charge is -2.36. The van der Waals surface area contributed by atoms with E-state index in [2.05, 4.69) is 4.99 Å². The van der Waals surface area contributed by atoms with Gasteiger partial charge in [0.25, 0.3) is 0 Å². The zero-order valence-electron chi connectivity index (χ0n) is 21.3. The molecule has 1 aliphatic carbocycles. The highest BCUT2D eigenvalue weighted by Gasteiger charge is 2.54. The summed E-state index contributed by atoms with van der Waals surface area (Å²) in [6, 6.07) is 5.45. The van der Waals surface area contributed by atoms with Gasteiger partial charge in [-0.15, -0.1) is 0 Å². The van der Waals surface area contributed by atoms with E-state index < -0.39 is 63.7 Å². The third-order valence-corrected chi connectivity index (χ3v) is 9.66. The van der Waals surface area contributed by atoms with Crippen LogP contribution in [0.15, 0.2) is 39.8 Å². The summed E-state index contributed by atoms with van der Waals surface area (Å²) in [5.41, 5.74) is -10.3. The lowest BCUT2D eigenvalue weighted by atomic mass is 9.74. The number of allylic oxidation sites excluding steroid dienone is 1. The van der Waals surface area contributed by atoms with Crippen LogP contribution in [0, 0.1) is 18.8 Å². The predicted molar refractivity (Wildman–Crippen MR) is 128 cm³/mol. The molecule has 1 aliphatic heterocycles. The average Bonchev–Trinajstić information content (AvgIpc) is 2.77. The molecule has 18 heteroatoms. The van der Waals surface area contributed by atoms with Crippen LogP contribution in [0.4, 0.5) is 26.3 Å².